The first kappa shape index (κ1) is 19.5. The van der Waals surface area contributed by atoms with Gasteiger partial charge in [0.1, 0.15) is 19.1 Å². The fraction of sp³-hybridized carbons (Fsp3) is 0.440. The van der Waals surface area contributed by atoms with E-state index in [4.69, 9.17) is 9.47 Å². The zero-order valence-corrected chi connectivity index (χ0v) is 18.1. The quantitative estimate of drug-likeness (QED) is 0.443. The molecule has 0 bridgehead atoms. The molecule has 3 aromatic rings. The molecule has 0 radical (unpaired) electrons. The zero-order valence-electron chi connectivity index (χ0n) is 18.1. The third-order valence-corrected chi connectivity index (χ3v) is 7.78. The topological polar surface area (TPSA) is 53.4 Å². The molecule has 8 heteroatoms. The van der Waals surface area contributed by atoms with E-state index in [1.54, 1.807) is 18.3 Å². The maximum atomic E-state index is 13.8. The number of rotatable bonds is 4. The third-order valence-electron chi connectivity index (χ3n) is 7.78. The van der Waals surface area contributed by atoms with Crippen molar-refractivity contribution >= 4 is 16.8 Å². The molecular formula is C25H24F2N3O3+. The number of pyridine rings is 1. The molecule has 1 atom stereocenters. The summed E-state index contributed by atoms with van der Waals surface area (Å²) in [5, 5.41) is 0.907. The Hall–Kier alpha value is -3.00. The number of ether oxygens (including phenoxy) is 2. The normalized spacial score (nSPS) is 24.0. The summed E-state index contributed by atoms with van der Waals surface area (Å²) in [7, 11) is 0. The highest BCUT2D eigenvalue weighted by atomic mass is 19.3. The number of alkyl halides is 2. The van der Waals surface area contributed by atoms with Gasteiger partial charge in [0.2, 0.25) is 0 Å². The highest BCUT2D eigenvalue weighted by Gasteiger charge is 2.59. The van der Waals surface area contributed by atoms with E-state index in [0.717, 1.165) is 67.4 Å². The highest BCUT2D eigenvalue weighted by Crippen LogP contribution is 2.48. The van der Waals surface area contributed by atoms with Gasteiger partial charge >= 0.3 is 12.2 Å². The Labute approximate surface area is 189 Å². The lowest BCUT2D eigenvalue weighted by molar-refractivity contribution is -0.751. The second kappa shape index (κ2) is 6.53. The average molecular weight is 452 g/mol. The maximum absolute atomic E-state index is 13.8. The highest BCUT2D eigenvalue weighted by molar-refractivity contribution is 5.89. The van der Waals surface area contributed by atoms with Gasteiger partial charge in [-0.05, 0) is 43.0 Å². The molecule has 0 spiro atoms. The first-order valence-corrected chi connectivity index (χ1v) is 11.7. The van der Waals surface area contributed by atoms with Crippen molar-refractivity contribution in [2.75, 3.05) is 13.1 Å². The molecule has 33 heavy (non-hydrogen) atoms. The standard InChI is InChI=1S/C25H24F2N3O3/c26-25(27)32-22-12-19-18-11-17(30(9-10-30)24(31)15-4-5-15)6-7-20(18)29(21(19)13-23(22)33-25)14-16-3-1-2-8-28-16/h1-3,8,12-13,15,17H,4-7,9-11,14H2/q+1. The minimum atomic E-state index is -3.65. The molecule has 2 aliphatic carbocycles. The van der Waals surface area contributed by atoms with Gasteiger partial charge < -0.3 is 14.0 Å². The molecule has 2 aromatic heterocycles. The van der Waals surface area contributed by atoms with Gasteiger partial charge in [0.05, 0.1) is 23.7 Å². The number of quaternary nitrogens is 1. The van der Waals surface area contributed by atoms with Gasteiger partial charge in [0.15, 0.2) is 11.5 Å². The van der Waals surface area contributed by atoms with Crippen LogP contribution in [0.3, 0.4) is 0 Å². The molecule has 1 aromatic carbocycles. The molecule has 1 saturated heterocycles. The molecule has 6 nitrogen and oxygen atoms in total. The summed E-state index contributed by atoms with van der Waals surface area (Å²) in [5.41, 5.74) is 4.09. The smallest absolute Gasteiger partial charge is 0.395 e. The number of carbonyl (C=O) groups excluding carboxylic acids is 1. The van der Waals surface area contributed by atoms with E-state index < -0.39 is 6.29 Å². The number of halogens is 2. The van der Waals surface area contributed by atoms with Gasteiger partial charge in [0, 0.05) is 36.2 Å². The van der Waals surface area contributed by atoms with Crippen molar-refractivity contribution in [3.8, 4) is 11.5 Å². The van der Waals surface area contributed by atoms with Crippen LogP contribution in [-0.2, 0) is 24.2 Å². The SMILES string of the molecule is O=C(C1CC1)[N+]1(C2CCc3c(c4cc5c(cc4n3Cc3ccccn3)OC(F)(F)O5)C2)CC1. The second-order valence-electron chi connectivity index (χ2n) is 9.81. The van der Waals surface area contributed by atoms with Gasteiger partial charge in [-0.2, -0.15) is 0 Å². The van der Waals surface area contributed by atoms with Crippen LogP contribution in [0, 0.1) is 5.92 Å². The molecule has 2 fully saturated rings. The summed E-state index contributed by atoms with van der Waals surface area (Å²) < 4.78 is 39.9. The molecule has 1 unspecified atom stereocenters. The number of aromatic nitrogens is 2. The first-order valence-electron chi connectivity index (χ1n) is 11.7. The molecule has 4 heterocycles. The van der Waals surface area contributed by atoms with Gasteiger partial charge in [-0.25, -0.2) is 9.28 Å². The van der Waals surface area contributed by atoms with Crippen LogP contribution >= 0.6 is 0 Å². The van der Waals surface area contributed by atoms with Crippen molar-refractivity contribution in [1.82, 2.24) is 9.55 Å². The maximum Gasteiger partial charge on any atom is 0.586 e. The van der Waals surface area contributed by atoms with E-state index >= 15 is 0 Å². The van der Waals surface area contributed by atoms with Crippen molar-refractivity contribution in [2.45, 2.75) is 51.0 Å². The van der Waals surface area contributed by atoms with Gasteiger partial charge in [-0.3, -0.25) is 4.98 Å². The summed E-state index contributed by atoms with van der Waals surface area (Å²) in [6.45, 7) is 2.41. The predicted molar refractivity (Wildman–Crippen MR) is 115 cm³/mol. The van der Waals surface area contributed by atoms with Crippen LogP contribution in [0.5, 0.6) is 11.5 Å². The largest absolute Gasteiger partial charge is 0.586 e. The van der Waals surface area contributed by atoms with Crippen LogP contribution in [0.15, 0.2) is 36.5 Å². The molecule has 4 aliphatic rings. The predicted octanol–water partition coefficient (Wildman–Crippen LogP) is 4.03. The van der Waals surface area contributed by atoms with Crippen LogP contribution in [0.2, 0.25) is 0 Å². The Bertz CT molecular complexity index is 1300. The minimum Gasteiger partial charge on any atom is -0.395 e. The van der Waals surface area contributed by atoms with Gasteiger partial charge in [-0.1, -0.05) is 6.07 Å². The fourth-order valence-corrected chi connectivity index (χ4v) is 5.89. The Kier molecular flexibility index (Phi) is 3.85. The second-order valence-corrected chi connectivity index (χ2v) is 9.81. The number of carbonyl (C=O) groups is 1. The molecule has 1 amide bonds. The number of hydrogen-bond acceptors (Lipinski definition) is 4. The number of fused-ring (bicyclic) bond motifs is 4. The van der Waals surface area contributed by atoms with Crippen LogP contribution in [-0.4, -0.2) is 45.4 Å². The van der Waals surface area contributed by atoms with Crippen molar-refractivity contribution in [3.05, 3.63) is 53.5 Å². The molecular weight excluding hydrogens is 428 g/mol. The number of amides is 1. The molecule has 2 aliphatic heterocycles. The Morgan fingerprint density at radius 2 is 1.94 bits per heavy atom. The lowest BCUT2D eigenvalue weighted by Crippen LogP contribution is -2.47. The Morgan fingerprint density at radius 1 is 1.15 bits per heavy atom. The Balaban J connectivity index is 1.33. The van der Waals surface area contributed by atoms with E-state index in [9.17, 15) is 13.6 Å². The number of benzene rings is 1. The van der Waals surface area contributed by atoms with E-state index in [-0.39, 0.29) is 23.5 Å². The molecule has 1 saturated carbocycles. The van der Waals surface area contributed by atoms with Crippen molar-refractivity contribution in [3.63, 3.8) is 0 Å². The van der Waals surface area contributed by atoms with E-state index in [2.05, 4.69) is 9.55 Å². The summed E-state index contributed by atoms with van der Waals surface area (Å²) in [6, 6.07) is 9.40. The van der Waals surface area contributed by atoms with Crippen molar-refractivity contribution < 1.29 is 27.5 Å². The van der Waals surface area contributed by atoms with Crippen LogP contribution in [0.1, 0.15) is 36.2 Å². The molecule has 0 N–H and O–H groups in total. The summed E-state index contributed by atoms with van der Waals surface area (Å²) in [6.07, 6.45) is 2.74. The van der Waals surface area contributed by atoms with Crippen LogP contribution < -0.4 is 9.47 Å². The van der Waals surface area contributed by atoms with Crippen molar-refractivity contribution in [1.29, 1.82) is 0 Å². The fourth-order valence-electron chi connectivity index (χ4n) is 5.89. The molecule has 170 valence electrons. The minimum absolute atomic E-state index is 0.0551. The van der Waals surface area contributed by atoms with Crippen LogP contribution in [0.25, 0.3) is 10.9 Å². The van der Waals surface area contributed by atoms with Gasteiger partial charge in [-0.15, -0.1) is 8.78 Å². The first-order chi connectivity index (χ1) is 15.9. The number of nitrogens with zero attached hydrogens (tertiary/aromatic N) is 3. The summed E-state index contributed by atoms with van der Waals surface area (Å²) >= 11 is 0. The van der Waals surface area contributed by atoms with Gasteiger partial charge in [0.25, 0.3) is 0 Å². The van der Waals surface area contributed by atoms with E-state index in [1.807, 2.05) is 18.2 Å². The molecule has 7 rings (SSSR count). The van der Waals surface area contributed by atoms with E-state index in [0.29, 0.717) is 16.9 Å². The Morgan fingerprint density at radius 3 is 2.64 bits per heavy atom. The van der Waals surface area contributed by atoms with Crippen molar-refractivity contribution in [2.24, 2.45) is 5.92 Å². The summed E-state index contributed by atoms with van der Waals surface area (Å²) in [5.74, 6) is 0.782. The lowest BCUT2D eigenvalue weighted by atomic mass is 9.90. The summed E-state index contributed by atoms with van der Waals surface area (Å²) in [4.78, 5) is 17.5. The average Bonchev–Trinajstić information content (AvgIpc) is 3.72. The van der Waals surface area contributed by atoms with Crippen LogP contribution in [0.4, 0.5) is 8.78 Å². The van der Waals surface area contributed by atoms with E-state index in [1.165, 1.54) is 5.69 Å². The monoisotopic (exact) mass is 452 g/mol. The number of hydrogen-bond donors (Lipinski definition) is 0. The lowest BCUT2D eigenvalue weighted by Gasteiger charge is -2.30. The zero-order chi connectivity index (χ0) is 22.4. The third kappa shape index (κ3) is 3.00.